The SMILES string of the molecule is CCOc1ccc(F)cc1C(=O)OC(C)C. The van der Waals surface area contributed by atoms with Crippen LogP contribution in [-0.4, -0.2) is 18.7 Å². The standard InChI is InChI=1S/C12H15FO3/c1-4-15-11-6-5-9(13)7-10(11)12(14)16-8(2)3/h5-8H,4H2,1-3H3. The second-order valence-electron chi connectivity index (χ2n) is 3.53. The first-order chi connectivity index (χ1) is 7.54. The maximum Gasteiger partial charge on any atom is 0.342 e. The molecule has 3 nitrogen and oxygen atoms in total. The van der Waals surface area contributed by atoms with Crippen molar-refractivity contribution in [2.24, 2.45) is 0 Å². The fraction of sp³-hybridized carbons (Fsp3) is 0.417. The highest BCUT2D eigenvalue weighted by Gasteiger charge is 2.16. The van der Waals surface area contributed by atoms with Crippen molar-refractivity contribution in [1.29, 1.82) is 0 Å². The molecule has 0 aliphatic carbocycles. The van der Waals surface area contributed by atoms with Gasteiger partial charge in [0, 0.05) is 0 Å². The first-order valence-electron chi connectivity index (χ1n) is 5.18. The van der Waals surface area contributed by atoms with Crippen LogP contribution >= 0.6 is 0 Å². The second kappa shape index (κ2) is 5.49. The van der Waals surface area contributed by atoms with Crippen molar-refractivity contribution in [3.05, 3.63) is 29.6 Å². The van der Waals surface area contributed by atoms with Gasteiger partial charge in [-0.3, -0.25) is 0 Å². The summed E-state index contributed by atoms with van der Waals surface area (Å²) >= 11 is 0. The molecule has 88 valence electrons. The summed E-state index contributed by atoms with van der Waals surface area (Å²) in [7, 11) is 0. The monoisotopic (exact) mass is 226 g/mol. The lowest BCUT2D eigenvalue weighted by Crippen LogP contribution is -2.13. The molecule has 16 heavy (non-hydrogen) atoms. The number of hydrogen-bond acceptors (Lipinski definition) is 3. The molecule has 0 aromatic heterocycles. The highest BCUT2D eigenvalue weighted by Crippen LogP contribution is 2.21. The minimum atomic E-state index is -0.571. The number of rotatable bonds is 4. The topological polar surface area (TPSA) is 35.5 Å². The lowest BCUT2D eigenvalue weighted by atomic mass is 10.2. The number of ether oxygens (including phenoxy) is 2. The molecule has 0 aliphatic heterocycles. The van der Waals surface area contributed by atoms with Crippen molar-refractivity contribution in [3.63, 3.8) is 0 Å². The van der Waals surface area contributed by atoms with Crippen LogP contribution in [0.4, 0.5) is 4.39 Å². The van der Waals surface area contributed by atoms with Crippen LogP contribution in [0, 0.1) is 5.82 Å². The van der Waals surface area contributed by atoms with E-state index in [1.54, 1.807) is 20.8 Å². The van der Waals surface area contributed by atoms with Gasteiger partial charge in [0.15, 0.2) is 0 Å². The van der Waals surface area contributed by atoms with E-state index in [2.05, 4.69) is 0 Å². The number of benzene rings is 1. The molecular formula is C12H15FO3. The summed E-state index contributed by atoms with van der Waals surface area (Å²) in [4.78, 5) is 11.6. The molecule has 0 aliphatic rings. The van der Waals surface area contributed by atoms with Crippen LogP contribution < -0.4 is 4.74 Å². The average Bonchev–Trinajstić information content (AvgIpc) is 2.20. The van der Waals surface area contributed by atoms with Crippen LogP contribution in [0.3, 0.4) is 0 Å². The highest BCUT2D eigenvalue weighted by molar-refractivity contribution is 5.92. The predicted molar refractivity (Wildman–Crippen MR) is 58.1 cm³/mol. The fourth-order valence-corrected chi connectivity index (χ4v) is 1.22. The average molecular weight is 226 g/mol. The molecule has 1 aromatic carbocycles. The zero-order chi connectivity index (χ0) is 12.1. The molecule has 0 heterocycles. The van der Waals surface area contributed by atoms with Crippen molar-refractivity contribution in [1.82, 2.24) is 0 Å². The summed E-state index contributed by atoms with van der Waals surface area (Å²) in [6.45, 7) is 5.67. The van der Waals surface area contributed by atoms with Crippen molar-refractivity contribution in [2.45, 2.75) is 26.9 Å². The maximum atomic E-state index is 13.0. The Labute approximate surface area is 94.2 Å². The van der Waals surface area contributed by atoms with E-state index in [1.165, 1.54) is 12.1 Å². The lowest BCUT2D eigenvalue weighted by Gasteiger charge is -2.11. The van der Waals surface area contributed by atoms with Gasteiger partial charge < -0.3 is 9.47 Å². The Morgan fingerprint density at radius 3 is 2.69 bits per heavy atom. The van der Waals surface area contributed by atoms with Gasteiger partial charge in [0.25, 0.3) is 0 Å². The molecule has 0 unspecified atom stereocenters. The van der Waals surface area contributed by atoms with Crippen LogP contribution in [0.5, 0.6) is 5.75 Å². The minimum absolute atomic E-state index is 0.121. The molecule has 4 heteroatoms. The summed E-state index contributed by atoms with van der Waals surface area (Å²) < 4.78 is 23.2. The Hall–Kier alpha value is -1.58. The lowest BCUT2D eigenvalue weighted by molar-refractivity contribution is 0.0373. The Balaban J connectivity index is 2.99. The molecule has 0 saturated carbocycles. The van der Waals surface area contributed by atoms with Crippen LogP contribution in [-0.2, 0) is 4.74 Å². The zero-order valence-electron chi connectivity index (χ0n) is 9.62. The van der Waals surface area contributed by atoms with Gasteiger partial charge in [0.1, 0.15) is 17.1 Å². The van der Waals surface area contributed by atoms with Gasteiger partial charge in [-0.25, -0.2) is 9.18 Å². The Bertz CT molecular complexity index is 375. The first kappa shape index (κ1) is 12.5. The van der Waals surface area contributed by atoms with Crippen LogP contribution in [0.1, 0.15) is 31.1 Å². The third kappa shape index (κ3) is 3.22. The fourth-order valence-electron chi connectivity index (χ4n) is 1.22. The molecule has 1 aromatic rings. The van der Waals surface area contributed by atoms with Crippen molar-refractivity contribution in [3.8, 4) is 5.75 Å². The quantitative estimate of drug-likeness (QED) is 0.740. The molecule has 0 amide bonds. The number of halogens is 1. The summed E-state index contributed by atoms with van der Waals surface area (Å²) in [5.41, 5.74) is 0.121. The van der Waals surface area contributed by atoms with E-state index in [-0.39, 0.29) is 11.7 Å². The van der Waals surface area contributed by atoms with Crippen molar-refractivity contribution in [2.75, 3.05) is 6.61 Å². The summed E-state index contributed by atoms with van der Waals surface area (Å²) in [5.74, 6) is -0.716. The zero-order valence-corrected chi connectivity index (χ0v) is 9.62. The summed E-state index contributed by atoms with van der Waals surface area (Å²) in [6, 6.07) is 3.79. The van der Waals surface area contributed by atoms with Crippen LogP contribution in [0.25, 0.3) is 0 Å². The van der Waals surface area contributed by atoms with Crippen molar-refractivity contribution < 1.29 is 18.7 Å². The molecule has 0 spiro atoms. The summed E-state index contributed by atoms with van der Waals surface area (Å²) in [5, 5.41) is 0. The first-order valence-corrected chi connectivity index (χ1v) is 5.18. The maximum absolute atomic E-state index is 13.0. The van der Waals surface area contributed by atoms with E-state index in [9.17, 15) is 9.18 Å². The Morgan fingerprint density at radius 2 is 2.12 bits per heavy atom. The van der Waals surface area contributed by atoms with Crippen LogP contribution in [0.2, 0.25) is 0 Å². The predicted octanol–water partition coefficient (Wildman–Crippen LogP) is 2.79. The Kier molecular flexibility index (Phi) is 4.28. The third-order valence-corrected chi connectivity index (χ3v) is 1.80. The highest BCUT2D eigenvalue weighted by atomic mass is 19.1. The second-order valence-corrected chi connectivity index (χ2v) is 3.53. The molecule has 0 saturated heterocycles. The van der Waals surface area contributed by atoms with E-state index in [0.717, 1.165) is 6.07 Å². The van der Waals surface area contributed by atoms with E-state index in [0.29, 0.717) is 12.4 Å². The third-order valence-electron chi connectivity index (χ3n) is 1.80. The normalized spacial score (nSPS) is 10.3. The number of hydrogen-bond donors (Lipinski definition) is 0. The summed E-state index contributed by atoms with van der Waals surface area (Å²) in [6.07, 6.45) is -0.245. The molecule has 0 atom stereocenters. The van der Waals surface area contributed by atoms with Gasteiger partial charge in [0.05, 0.1) is 12.7 Å². The molecule has 0 radical (unpaired) electrons. The van der Waals surface area contributed by atoms with Crippen LogP contribution in [0.15, 0.2) is 18.2 Å². The minimum Gasteiger partial charge on any atom is -0.493 e. The largest absolute Gasteiger partial charge is 0.493 e. The van der Waals surface area contributed by atoms with Gasteiger partial charge >= 0.3 is 5.97 Å². The molecule has 1 rings (SSSR count). The van der Waals surface area contributed by atoms with E-state index < -0.39 is 11.8 Å². The van der Waals surface area contributed by atoms with Crippen molar-refractivity contribution >= 4 is 5.97 Å². The molecule has 0 fully saturated rings. The van der Waals surface area contributed by atoms with E-state index in [4.69, 9.17) is 9.47 Å². The Morgan fingerprint density at radius 1 is 1.44 bits per heavy atom. The van der Waals surface area contributed by atoms with Gasteiger partial charge in [-0.15, -0.1) is 0 Å². The number of esters is 1. The number of carbonyl (C=O) groups excluding carboxylic acids is 1. The van der Waals surface area contributed by atoms with E-state index >= 15 is 0 Å². The van der Waals surface area contributed by atoms with Gasteiger partial charge in [-0.1, -0.05) is 0 Å². The molecule has 0 bridgehead atoms. The van der Waals surface area contributed by atoms with Gasteiger partial charge in [0.2, 0.25) is 0 Å². The number of carbonyl (C=O) groups is 1. The van der Waals surface area contributed by atoms with E-state index in [1.807, 2.05) is 0 Å². The smallest absolute Gasteiger partial charge is 0.342 e. The van der Waals surface area contributed by atoms with Gasteiger partial charge in [-0.2, -0.15) is 0 Å². The van der Waals surface area contributed by atoms with Gasteiger partial charge in [-0.05, 0) is 39.0 Å². The molecular weight excluding hydrogens is 211 g/mol. The molecule has 0 N–H and O–H groups in total.